The summed E-state index contributed by atoms with van der Waals surface area (Å²) in [6.45, 7) is 2.28. The Morgan fingerprint density at radius 1 is 1.13 bits per heavy atom. The maximum absolute atomic E-state index is 12.2. The highest BCUT2D eigenvalue weighted by Gasteiger charge is 2.09. The van der Waals surface area contributed by atoms with Gasteiger partial charge < -0.3 is 14.9 Å². The number of aliphatic hydroxyl groups excluding tert-OH is 1. The number of ether oxygens (including phenoxy) is 1. The van der Waals surface area contributed by atoms with Crippen LogP contribution >= 0.6 is 0 Å². The Morgan fingerprint density at radius 3 is 2.57 bits per heavy atom. The van der Waals surface area contributed by atoms with Gasteiger partial charge in [0.05, 0.1) is 13.2 Å². The summed E-state index contributed by atoms with van der Waals surface area (Å²) >= 11 is 0. The van der Waals surface area contributed by atoms with Crippen molar-refractivity contribution in [2.45, 2.75) is 32.8 Å². The molecule has 0 spiro atoms. The number of phenols is 1. The van der Waals surface area contributed by atoms with Crippen LogP contribution in [0.1, 0.15) is 30.0 Å². The topological polar surface area (TPSA) is 66.8 Å². The van der Waals surface area contributed by atoms with Crippen LogP contribution in [0.3, 0.4) is 0 Å². The summed E-state index contributed by atoms with van der Waals surface area (Å²) in [5, 5.41) is 19.0. The molecule has 2 rings (SSSR count). The van der Waals surface area contributed by atoms with E-state index < -0.39 is 0 Å². The molecule has 0 saturated heterocycles. The zero-order valence-electron chi connectivity index (χ0n) is 13.3. The largest absolute Gasteiger partial charge is 0.504 e. The summed E-state index contributed by atoms with van der Waals surface area (Å²) in [4.78, 5) is 12.2. The normalized spacial score (nSPS) is 10.5. The highest BCUT2D eigenvalue weighted by molar-refractivity contribution is 5.81. The quantitative estimate of drug-likeness (QED) is 0.786. The van der Waals surface area contributed by atoms with Crippen LogP contribution < -0.4 is 4.74 Å². The zero-order valence-corrected chi connectivity index (χ0v) is 13.3. The smallest absolute Gasteiger partial charge is 0.161 e. The molecule has 0 aromatic heterocycles. The second-order valence-electron chi connectivity index (χ2n) is 5.38. The van der Waals surface area contributed by atoms with Gasteiger partial charge in [0.15, 0.2) is 11.5 Å². The third-order valence-corrected chi connectivity index (χ3v) is 3.69. The maximum atomic E-state index is 12.2. The van der Waals surface area contributed by atoms with E-state index in [1.54, 1.807) is 18.2 Å². The minimum atomic E-state index is -0.0564. The number of hydrogen-bond donors (Lipinski definition) is 2. The lowest BCUT2D eigenvalue weighted by molar-refractivity contribution is -0.118. The van der Waals surface area contributed by atoms with Crippen molar-refractivity contribution in [3.63, 3.8) is 0 Å². The monoisotopic (exact) mass is 314 g/mol. The molecule has 0 saturated carbocycles. The van der Waals surface area contributed by atoms with Crippen LogP contribution in [0.25, 0.3) is 0 Å². The van der Waals surface area contributed by atoms with Gasteiger partial charge in [-0.15, -0.1) is 0 Å². The summed E-state index contributed by atoms with van der Waals surface area (Å²) in [6.07, 6.45) is 1.34. The van der Waals surface area contributed by atoms with Crippen molar-refractivity contribution in [2.24, 2.45) is 0 Å². The number of aromatic hydroxyl groups is 1. The molecule has 122 valence electrons. The maximum Gasteiger partial charge on any atom is 0.161 e. The van der Waals surface area contributed by atoms with Crippen LogP contribution in [0.15, 0.2) is 42.5 Å². The molecule has 0 bridgehead atoms. The Hall–Kier alpha value is -2.33. The zero-order chi connectivity index (χ0) is 16.7. The first-order valence-electron chi connectivity index (χ1n) is 7.78. The first-order valence-corrected chi connectivity index (χ1v) is 7.78. The molecule has 0 aliphatic carbocycles. The second kappa shape index (κ2) is 8.34. The molecule has 2 aromatic rings. The van der Waals surface area contributed by atoms with Crippen molar-refractivity contribution in [1.29, 1.82) is 0 Å². The van der Waals surface area contributed by atoms with Gasteiger partial charge in [0.25, 0.3) is 0 Å². The SMILES string of the molecule is CCOc1cc(CCC(=O)Cc2ccccc2CO)ccc1O. The van der Waals surface area contributed by atoms with Crippen LogP contribution in [0.2, 0.25) is 0 Å². The van der Waals surface area contributed by atoms with E-state index in [0.717, 1.165) is 16.7 Å². The number of phenolic OH excluding ortho intramolecular Hbond substituents is 1. The molecule has 0 fully saturated rings. The standard InChI is InChI=1S/C19H22O4/c1-2-23-19-11-14(8-10-18(19)22)7-9-17(21)12-15-5-3-4-6-16(15)13-20/h3-6,8,10-11,20,22H,2,7,9,12-13H2,1H3. The van der Waals surface area contributed by atoms with Crippen molar-refractivity contribution >= 4 is 5.78 Å². The van der Waals surface area contributed by atoms with Crippen molar-refractivity contribution in [3.05, 3.63) is 59.2 Å². The van der Waals surface area contributed by atoms with Crippen LogP contribution in [0, 0.1) is 0 Å². The van der Waals surface area contributed by atoms with Crippen molar-refractivity contribution in [3.8, 4) is 11.5 Å². The van der Waals surface area contributed by atoms with Crippen molar-refractivity contribution in [2.75, 3.05) is 6.61 Å². The molecule has 0 amide bonds. The average molecular weight is 314 g/mol. The van der Waals surface area contributed by atoms with Gasteiger partial charge in [-0.05, 0) is 42.2 Å². The first-order chi connectivity index (χ1) is 11.1. The minimum absolute atomic E-state index is 0.0564. The van der Waals surface area contributed by atoms with Gasteiger partial charge in [-0.3, -0.25) is 4.79 Å². The van der Waals surface area contributed by atoms with E-state index in [2.05, 4.69) is 0 Å². The van der Waals surface area contributed by atoms with E-state index in [-0.39, 0.29) is 18.1 Å². The lowest BCUT2D eigenvalue weighted by atomic mass is 9.99. The molecular weight excluding hydrogens is 292 g/mol. The fraction of sp³-hybridized carbons (Fsp3) is 0.316. The van der Waals surface area contributed by atoms with Crippen LogP contribution in [0.4, 0.5) is 0 Å². The number of carbonyl (C=O) groups is 1. The summed E-state index contributed by atoms with van der Waals surface area (Å²) in [7, 11) is 0. The number of aliphatic hydroxyl groups is 1. The Bertz CT molecular complexity index is 664. The van der Waals surface area contributed by atoms with E-state index in [4.69, 9.17) is 4.74 Å². The molecule has 0 atom stereocenters. The fourth-order valence-corrected chi connectivity index (χ4v) is 2.45. The van der Waals surface area contributed by atoms with Crippen LogP contribution in [-0.2, 0) is 24.2 Å². The molecule has 4 heteroatoms. The summed E-state index contributed by atoms with van der Waals surface area (Å²) in [6, 6.07) is 12.6. The van der Waals surface area contributed by atoms with Crippen molar-refractivity contribution in [1.82, 2.24) is 0 Å². The summed E-state index contributed by atoms with van der Waals surface area (Å²) in [5.74, 6) is 0.679. The molecule has 0 unspecified atom stereocenters. The van der Waals surface area contributed by atoms with E-state index in [0.29, 0.717) is 31.6 Å². The Morgan fingerprint density at radius 2 is 1.87 bits per heavy atom. The minimum Gasteiger partial charge on any atom is -0.504 e. The third kappa shape index (κ3) is 4.83. The van der Waals surface area contributed by atoms with Crippen LogP contribution in [0.5, 0.6) is 11.5 Å². The second-order valence-corrected chi connectivity index (χ2v) is 5.38. The predicted molar refractivity (Wildman–Crippen MR) is 88.7 cm³/mol. The molecule has 0 aliphatic rings. The number of hydrogen-bond acceptors (Lipinski definition) is 4. The highest BCUT2D eigenvalue weighted by atomic mass is 16.5. The number of Topliss-reactive ketones (excluding diaryl/α,β-unsaturated/α-hetero) is 1. The number of rotatable bonds is 8. The van der Waals surface area contributed by atoms with Crippen LogP contribution in [-0.4, -0.2) is 22.6 Å². The molecule has 0 aliphatic heterocycles. The van der Waals surface area contributed by atoms with E-state index in [1.165, 1.54) is 0 Å². The molecule has 0 heterocycles. The van der Waals surface area contributed by atoms with Crippen molar-refractivity contribution < 1.29 is 19.7 Å². The van der Waals surface area contributed by atoms with Gasteiger partial charge in [-0.25, -0.2) is 0 Å². The summed E-state index contributed by atoms with van der Waals surface area (Å²) < 4.78 is 5.35. The van der Waals surface area contributed by atoms with E-state index in [9.17, 15) is 15.0 Å². The number of benzene rings is 2. The molecule has 2 aromatic carbocycles. The Labute approximate surface area is 136 Å². The lowest BCUT2D eigenvalue weighted by Crippen LogP contribution is -2.06. The molecule has 23 heavy (non-hydrogen) atoms. The number of carbonyl (C=O) groups excluding carboxylic acids is 1. The lowest BCUT2D eigenvalue weighted by Gasteiger charge is -2.09. The molecular formula is C19H22O4. The molecule has 4 nitrogen and oxygen atoms in total. The predicted octanol–water partition coefficient (Wildman–Crippen LogP) is 3.03. The first kappa shape index (κ1) is 17.0. The Balaban J connectivity index is 1.95. The van der Waals surface area contributed by atoms with Gasteiger partial charge in [0, 0.05) is 12.8 Å². The fourth-order valence-electron chi connectivity index (χ4n) is 2.45. The van der Waals surface area contributed by atoms with E-state index >= 15 is 0 Å². The number of ketones is 1. The molecule has 2 N–H and O–H groups in total. The van der Waals surface area contributed by atoms with Gasteiger partial charge >= 0.3 is 0 Å². The highest BCUT2D eigenvalue weighted by Crippen LogP contribution is 2.27. The van der Waals surface area contributed by atoms with E-state index in [1.807, 2.05) is 31.2 Å². The average Bonchev–Trinajstić information content (AvgIpc) is 2.56. The Kier molecular flexibility index (Phi) is 6.18. The number of aryl methyl sites for hydroxylation is 1. The molecule has 0 radical (unpaired) electrons. The van der Waals surface area contributed by atoms with Gasteiger partial charge in [0.2, 0.25) is 0 Å². The van der Waals surface area contributed by atoms with Gasteiger partial charge in [-0.1, -0.05) is 30.3 Å². The van der Waals surface area contributed by atoms with Gasteiger partial charge in [0.1, 0.15) is 5.78 Å². The van der Waals surface area contributed by atoms with Gasteiger partial charge in [-0.2, -0.15) is 0 Å². The summed E-state index contributed by atoms with van der Waals surface area (Å²) in [5.41, 5.74) is 2.62. The third-order valence-electron chi connectivity index (χ3n) is 3.69.